The Morgan fingerprint density at radius 2 is 1.90 bits per heavy atom. The fourth-order valence-corrected chi connectivity index (χ4v) is 4.12. The highest BCUT2D eigenvalue weighted by atomic mass is 16.5. The van der Waals surface area contributed by atoms with E-state index < -0.39 is 0 Å². The first kappa shape index (κ1) is 19.2. The first-order valence-corrected chi connectivity index (χ1v) is 10.1. The number of nitriles is 1. The molecule has 1 aliphatic rings. The van der Waals surface area contributed by atoms with E-state index in [1.165, 1.54) is 0 Å². The molecule has 1 aromatic heterocycles. The van der Waals surface area contributed by atoms with Crippen molar-refractivity contribution in [2.24, 2.45) is 13.0 Å². The molecule has 0 aliphatic heterocycles. The van der Waals surface area contributed by atoms with Crippen LogP contribution in [-0.2, 0) is 18.3 Å². The van der Waals surface area contributed by atoms with Crippen molar-refractivity contribution in [2.75, 3.05) is 0 Å². The normalized spacial score (nSPS) is 19.1. The van der Waals surface area contributed by atoms with Crippen LogP contribution in [0.25, 0.3) is 11.0 Å². The molecule has 2 aromatic carbocycles. The minimum Gasteiger partial charge on any atom is -0.490 e. The molecule has 0 radical (unpaired) electrons. The summed E-state index contributed by atoms with van der Waals surface area (Å²) in [5, 5.41) is 8.95. The van der Waals surface area contributed by atoms with Crippen LogP contribution in [0.1, 0.15) is 49.6 Å². The molecule has 0 atom stereocenters. The number of carbonyl (C=O) groups is 1. The fourth-order valence-electron chi connectivity index (χ4n) is 4.12. The summed E-state index contributed by atoms with van der Waals surface area (Å²) in [6, 6.07) is 15.8. The summed E-state index contributed by atoms with van der Waals surface area (Å²) < 4.78 is 8.30. The van der Waals surface area contributed by atoms with Crippen LogP contribution in [0.5, 0.6) is 5.75 Å². The maximum Gasteiger partial charge on any atom is 0.132 e. The van der Waals surface area contributed by atoms with Crippen LogP contribution in [0.3, 0.4) is 0 Å². The molecule has 0 N–H and O–H groups in total. The van der Waals surface area contributed by atoms with Gasteiger partial charge in [0, 0.05) is 25.5 Å². The van der Waals surface area contributed by atoms with Gasteiger partial charge in [-0.3, -0.25) is 4.79 Å². The summed E-state index contributed by atoms with van der Waals surface area (Å²) in [5.74, 6) is 2.32. The predicted octanol–water partition coefficient (Wildman–Crippen LogP) is 4.56. The van der Waals surface area contributed by atoms with Gasteiger partial charge in [-0.15, -0.1) is 0 Å². The number of ether oxygens (including phenoxy) is 1. The molecule has 1 fully saturated rings. The summed E-state index contributed by atoms with van der Waals surface area (Å²) in [4.78, 5) is 16.4. The van der Waals surface area contributed by atoms with Crippen molar-refractivity contribution >= 4 is 16.8 Å². The molecule has 0 bridgehead atoms. The Hall–Kier alpha value is -3.13. The van der Waals surface area contributed by atoms with Gasteiger partial charge >= 0.3 is 0 Å². The highest BCUT2D eigenvalue weighted by molar-refractivity contribution is 5.78. The second kappa shape index (κ2) is 8.08. The van der Waals surface area contributed by atoms with E-state index >= 15 is 0 Å². The molecule has 0 saturated heterocycles. The summed E-state index contributed by atoms with van der Waals surface area (Å²) in [5.41, 5.74) is 3.78. The van der Waals surface area contributed by atoms with E-state index in [1.807, 2.05) is 43.4 Å². The SMILES string of the molecule is CC(=O)[C@H]1CC[C@@H](Oc2ccc3c(c2)nc(Cc2ccc(C#N)cc2)n3C)CC1. The van der Waals surface area contributed by atoms with E-state index in [9.17, 15) is 4.79 Å². The van der Waals surface area contributed by atoms with Crippen molar-refractivity contribution in [1.29, 1.82) is 5.26 Å². The van der Waals surface area contributed by atoms with Gasteiger partial charge in [0.25, 0.3) is 0 Å². The standard InChI is InChI=1S/C24H25N3O2/c1-16(28)19-7-9-20(10-8-19)29-21-11-12-23-22(14-21)26-24(27(23)2)13-17-3-5-18(15-25)6-4-17/h3-6,11-12,14,19-20H,7-10,13H2,1-2H3/t19-,20+. The average molecular weight is 387 g/mol. The third-order valence-corrected chi connectivity index (χ3v) is 5.94. The fraction of sp³-hybridized carbons (Fsp3) is 0.375. The van der Waals surface area contributed by atoms with Crippen LogP contribution < -0.4 is 4.74 Å². The van der Waals surface area contributed by atoms with Crippen LogP contribution in [0.4, 0.5) is 0 Å². The Morgan fingerprint density at radius 1 is 1.17 bits per heavy atom. The second-order valence-electron chi connectivity index (χ2n) is 7.93. The lowest BCUT2D eigenvalue weighted by atomic mass is 9.85. The van der Waals surface area contributed by atoms with Crippen molar-refractivity contribution < 1.29 is 9.53 Å². The number of fused-ring (bicyclic) bond motifs is 1. The van der Waals surface area contributed by atoms with Gasteiger partial charge in [-0.1, -0.05) is 12.1 Å². The maximum absolute atomic E-state index is 11.5. The molecule has 0 unspecified atom stereocenters. The molecule has 29 heavy (non-hydrogen) atoms. The molecule has 148 valence electrons. The first-order chi connectivity index (χ1) is 14.0. The Balaban J connectivity index is 1.48. The number of benzene rings is 2. The van der Waals surface area contributed by atoms with E-state index in [1.54, 1.807) is 6.92 Å². The average Bonchev–Trinajstić information content (AvgIpc) is 3.03. The van der Waals surface area contributed by atoms with Gasteiger partial charge in [0.15, 0.2) is 0 Å². The van der Waals surface area contributed by atoms with Gasteiger partial charge in [-0.05, 0) is 62.4 Å². The zero-order valence-corrected chi connectivity index (χ0v) is 16.9. The van der Waals surface area contributed by atoms with E-state index in [4.69, 9.17) is 15.0 Å². The van der Waals surface area contributed by atoms with Crippen molar-refractivity contribution in [3.63, 3.8) is 0 Å². The Kier molecular flexibility index (Phi) is 5.35. The van der Waals surface area contributed by atoms with Crippen LogP contribution in [-0.4, -0.2) is 21.4 Å². The van der Waals surface area contributed by atoms with Gasteiger partial charge in [-0.25, -0.2) is 4.98 Å². The summed E-state index contributed by atoms with van der Waals surface area (Å²) >= 11 is 0. The van der Waals surface area contributed by atoms with E-state index in [0.29, 0.717) is 17.8 Å². The summed E-state index contributed by atoms with van der Waals surface area (Å²) in [6.07, 6.45) is 4.57. The van der Waals surface area contributed by atoms with Crippen molar-refractivity contribution in [2.45, 2.75) is 45.1 Å². The zero-order valence-electron chi connectivity index (χ0n) is 16.9. The highest BCUT2D eigenvalue weighted by Crippen LogP contribution is 2.29. The summed E-state index contributed by atoms with van der Waals surface area (Å²) in [6.45, 7) is 1.69. The van der Waals surface area contributed by atoms with Crippen molar-refractivity contribution in [1.82, 2.24) is 9.55 Å². The number of nitrogens with zero attached hydrogens (tertiary/aromatic N) is 3. The molecule has 3 aromatic rings. The number of aryl methyl sites for hydroxylation is 1. The van der Waals surface area contributed by atoms with E-state index in [2.05, 4.69) is 16.7 Å². The molecule has 5 heteroatoms. The largest absolute Gasteiger partial charge is 0.490 e. The molecule has 4 rings (SSSR count). The minimum absolute atomic E-state index is 0.171. The molecular formula is C24H25N3O2. The van der Waals surface area contributed by atoms with Gasteiger partial charge in [0.2, 0.25) is 0 Å². The number of hydrogen-bond acceptors (Lipinski definition) is 4. The van der Waals surface area contributed by atoms with Gasteiger partial charge < -0.3 is 9.30 Å². The van der Waals surface area contributed by atoms with Crippen LogP contribution in [0.15, 0.2) is 42.5 Å². The van der Waals surface area contributed by atoms with E-state index in [0.717, 1.165) is 53.9 Å². The first-order valence-electron chi connectivity index (χ1n) is 10.1. The van der Waals surface area contributed by atoms with Gasteiger partial charge in [0.05, 0.1) is 28.8 Å². The quantitative estimate of drug-likeness (QED) is 0.643. The molecule has 1 heterocycles. The Bertz CT molecular complexity index is 1070. The number of aromatic nitrogens is 2. The van der Waals surface area contributed by atoms with Crippen molar-refractivity contribution in [3.8, 4) is 11.8 Å². The van der Waals surface area contributed by atoms with Crippen LogP contribution in [0.2, 0.25) is 0 Å². The number of carbonyl (C=O) groups excluding carboxylic acids is 1. The Morgan fingerprint density at radius 3 is 2.55 bits per heavy atom. The molecule has 1 saturated carbocycles. The predicted molar refractivity (Wildman–Crippen MR) is 112 cm³/mol. The van der Waals surface area contributed by atoms with Crippen molar-refractivity contribution in [3.05, 3.63) is 59.4 Å². The zero-order chi connectivity index (χ0) is 20.4. The monoisotopic (exact) mass is 387 g/mol. The summed E-state index contributed by atoms with van der Waals surface area (Å²) in [7, 11) is 2.03. The van der Waals surface area contributed by atoms with Gasteiger partial charge in [-0.2, -0.15) is 5.26 Å². The lowest BCUT2D eigenvalue weighted by Gasteiger charge is -2.27. The number of Topliss-reactive ketones (excluding diaryl/α,β-unsaturated/α-hetero) is 1. The molecular weight excluding hydrogens is 362 g/mol. The Labute approximate surface area is 170 Å². The smallest absolute Gasteiger partial charge is 0.132 e. The molecule has 0 spiro atoms. The molecule has 1 aliphatic carbocycles. The third kappa shape index (κ3) is 4.17. The highest BCUT2D eigenvalue weighted by Gasteiger charge is 2.25. The van der Waals surface area contributed by atoms with E-state index in [-0.39, 0.29) is 12.0 Å². The lowest BCUT2D eigenvalue weighted by Crippen LogP contribution is -2.26. The molecule has 5 nitrogen and oxygen atoms in total. The number of ketones is 1. The lowest BCUT2D eigenvalue weighted by molar-refractivity contribution is -0.122. The molecule has 0 amide bonds. The van der Waals surface area contributed by atoms with Gasteiger partial charge in [0.1, 0.15) is 17.4 Å². The number of rotatable bonds is 5. The second-order valence-corrected chi connectivity index (χ2v) is 7.93. The number of imidazole rings is 1. The minimum atomic E-state index is 0.171. The number of hydrogen-bond donors (Lipinski definition) is 0. The topological polar surface area (TPSA) is 67.9 Å². The van der Waals surface area contributed by atoms with Crippen LogP contribution in [0, 0.1) is 17.2 Å². The maximum atomic E-state index is 11.5. The van der Waals surface area contributed by atoms with Crippen LogP contribution >= 0.6 is 0 Å². The third-order valence-electron chi connectivity index (χ3n) is 5.94.